The van der Waals surface area contributed by atoms with E-state index in [0.717, 1.165) is 0 Å². The van der Waals surface area contributed by atoms with Crippen molar-refractivity contribution in [3.8, 4) is 0 Å². The van der Waals surface area contributed by atoms with Crippen LogP contribution < -0.4 is 5.32 Å². The van der Waals surface area contributed by atoms with E-state index < -0.39 is 0 Å². The molecule has 0 aromatic heterocycles. The Kier molecular flexibility index (Phi) is 5.87. The van der Waals surface area contributed by atoms with Crippen LogP contribution in [0.3, 0.4) is 0 Å². The van der Waals surface area contributed by atoms with Crippen LogP contribution >= 0.6 is 0 Å². The van der Waals surface area contributed by atoms with Gasteiger partial charge in [0.1, 0.15) is 0 Å². The zero-order valence-electron chi connectivity index (χ0n) is 12.4. The molecular weight excluding hydrogens is 232 g/mol. The second-order valence-corrected chi connectivity index (χ2v) is 5.65. The first-order valence-corrected chi connectivity index (χ1v) is 7.86. The molecular formula is C17H28N2. The highest BCUT2D eigenvalue weighted by atomic mass is 15.1. The first kappa shape index (κ1) is 14.5. The van der Waals surface area contributed by atoms with Crippen LogP contribution in [-0.2, 0) is 0 Å². The summed E-state index contributed by atoms with van der Waals surface area (Å²) >= 11 is 0. The van der Waals surface area contributed by atoms with Gasteiger partial charge >= 0.3 is 0 Å². The molecule has 1 aromatic rings. The fraction of sp³-hybridized carbons (Fsp3) is 0.647. The molecule has 0 amide bonds. The monoisotopic (exact) mass is 260 g/mol. The number of benzene rings is 1. The molecule has 2 nitrogen and oxygen atoms in total. The molecule has 1 atom stereocenters. The van der Waals surface area contributed by atoms with Gasteiger partial charge in [0, 0.05) is 12.1 Å². The summed E-state index contributed by atoms with van der Waals surface area (Å²) in [6.07, 6.45) is 5.03. The molecule has 0 spiro atoms. The van der Waals surface area contributed by atoms with E-state index in [9.17, 15) is 0 Å². The van der Waals surface area contributed by atoms with Crippen molar-refractivity contribution in [3.05, 3.63) is 35.9 Å². The van der Waals surface area contributed by atoms with E-state index in [-0.39, 0.29) is 0 Å². The van der Waals surface area contributed by atoms with Gasteiger partial charge in [-0.15, -0.1) is 0 Å². The normalized spacial score (nSPS) is 19.5. The molecule has 1 saturated heterocycles. The average Bonchev–Trinajstić information content (AvgIpc) is 2.48. The molecule has 1 aliphatic heterocycles. The number of nitrogens with one attached hydrogen (secondary N) is 1. The lowest BCUT2D eigenvalue weighted by atomic mass is 9.99. The fourth-order valence-electron chi connectivity index (χ4n) is 3.06. The highest BCUT2D eigenvalue weighted by Gasteiger charge is 2.21. The summed E-state index contributed by atoms with van der Waals surface area (Å²) in [7, 11) is 0. The van der Waals surface area contributed by atoms with Crippen molar-refractivity contribution in [2.75, 3.05) is 19.6 Å². The molecule has 0 saturated carbocycles. The lowest BCUT2D eigenvalue weighted by Gasteiger charge is -2.34. The molecule has 1 aliphatic rings. The number of rotatable bonds is 6. The Morgan fingerprint density at radius 2 is 1.84 bits per heavy atom. The van der Waals surface area contributed by atoms with Gasteiger partial charge in [-0.1, -0.05) is 44.2 Å². The van der Waals surface area contributed by atoms with Crippen molar-refractivity contribution in [2.45, 2.75) is 51.6 Å². The number of hydrogen-bond donors (Lipinski definition) is 1. The Morgan fingerprint density at radius 1 is 1.16 bits per heavy atom. The minimum absolute atomic E-state index is 0.518. The maximum Gasteiger partial charge on any atom is 0.0320 e. The van der Waals surface area contributed by atoms with Crippen molar-refractivity contribution in [2.24, 2.45) is 0 Å². The van der Waals surface area contributed by atoms with E-state index in [1.165, 1.54) is 50.9 Å². The summed E-state index contributed by atoms with van der Waals surface area (Å²) < 4.78 is 0. The molecule has 1 heterocycles. The van der Waals surface area contributed by atoms with Crippen molar-refractivity contribution in [1.29, 1.82) is 0 Å². The van der Waals surface area contributed by atoms with Crippen LogP contribution in [0.15, 0.2) is 30.3 Å². The Bertz CT molecular complexity index is 342. The van der Waals surface area contributed by atoms with Crippen molar-refractivity contribution in [1.82, 2.24) is 10.2 Å². The fourth-order valence-corrected chi connectivity index (χ4v) is 3.06. The number of nitrogens with zero attached hydrogens (tertiary/aromatic N) is 1. The molecule has 1 unspecified atom stereocenters. The van der Waals surface area contributed by atoms with Crippen molar-refractivity contribution < 1.29 is 0 Å². The lowest BCUT2D eigenvalue weighted by Crippen LogP contribution is -2.43. The van der Waals surface area contributed by atoms with Crippen LogP contribution in [0, 0.1) is 0 Å². The molecule has 19 heavy (non-hydrogen) atoms. The summed E-state index contributed by atoms with van der Waals surface area (Å²) in [6, 6.07) is 12.1. The molecule has 1 N–H and O–H groups in total. The van der Waals surface area contributed by atoms with Crippen LogP contribution in [0.1, 0.15) is 51.1 Å². The predicted molar refractivity (Wildman–Crippen MR) is 82.4 cm³/mol. The molecule has 0 aliphatic carbocycles. The van der Waals surface area contributed by atoms with Crippen LogP contribution in [0.4, 0.5) is 0 Å². The van der Waals surface area contributed by atoms with Gasteiger partial charge in [0.05, 0.1) is 0 Å². The third kappa shape index (κ3) is 4.32. The Morgan fingerprint density at radius 3 is 2.42 bits per heavy atom. The Hall–Kier alpha value is -0.860. The molecule has 106 valence electrons. The van der Waals surface area contributed by atoms with E-state index in [2.05, 4.69) is 54.4 Å². The van der Waals surface area contributed by atoms with E-state index in [4.69, 9.17) is 0 Å². The van der Waals surface area contributed by atoms with E-state index in [0.29, 0.717) is 12.1 Å². The summed E-state index contributed by atoms with van der Waals surface area (Å²) in [5.41, 5.74) is 1.43. The highest BCUT2D eigenvalue weighted by molar-refractivity contribution is 5.18. The zero-order chi connectivity index (χ0) is 13.5. The van der Waals surface area contributed by atoms with Gasteiger partial charge in [-0.2, -0.15) is 0 Å². The third-order valence-corrected chi connectivity index (χ3v) is 4.17. The van der Waals surface area contributed by atoms with Crippen LogP contribution in [0.2, 0.25) is 0 Å². The van der Waals surface area contributed by atoms with Gasteiger partial charge < -0.3 is 10.2 Å². The molecule has 2 rings (SSSR count). The summed E-state index contributed by atoms with van der Waals surface area (Å²) in [5.74, 6) is 0. The van der Waals surface area contributed by atoms with Crippen LogP contribution in [0.25, 0.3) is 0 Å². The highest BCUT2D eigenvalue weighted by Crippen LogP contribution is 2.20. The van der Waals surface area contributed by atoms with Crippen molar-refractivity contribution >= 4 is 0 Å². The van der Waals surface area contributed by atoms with Crippen molar-refractivity contribution in [3.63, 3.8) is 0 Å². The standard InChI is InChI=1S/C17H28N2/c1-3-12-19-13-10-16(11-14-19)18-17(4-2)15-8-6-5-7-9-15/h5-9,16-18H,3-4,10-14H2,1-2H3. The lowest BCUT2D eigenvalue weighted by molar-refractivity contribution is 0.190. The van der Waals surface area contributed by atoms with E-state index >= 15 is 0 Å². The largest absolute Gasteiger partial charge is 0.307 e. The second-order valence-electron chi connectivity index (χ2n) is 5.65. The predicted octanol–water partition coefficient (Wildman–Crippen LogP) is 3.60. The zero-order valence-corrected chi connectivity index (χ0v) is 12.4. The minimum Gasteiger partial charge on any atom is -0.307 e. The number of hydrogen-bond acceptors (Lipinski definition) is 2. The maximum atomic E-state index is 3.86. The first-order chi connectivity index (χ1) is 9.33. The maximum absolute atomic E-state index is 3.86. The number of piperidine rings is 1. The van der Waals surface area contributed by atoms with Gasteiger partial charge in [0.15, 0.2) is 0 Å². The first-order valence-electron chi connectivity index (χ1n) is 7.86. The van der Waals surface area contributed by atoms with Crippen LogP contribution in [-0.4, -0.2) is 30.6 Å². The molecule has 0 bridgehead atoms. The third-order valence-electron chi connectivity index (χ3n) is 4.17. The molecule has 1 fully saturated rings. The Labute approximate surface area is 118 Å². The molecule has 1 aromatic carbocycles. The van der Waals surface area contributed by atoms with E-state index in [1.54, 1.807) is 0 Å². The van der Waals surface area contributed by atoms with E-state index in [1.807, 2.05) is 0 Å². The molecule has 2 heteroatoms. The van der Waals surface area contributed by atoms with Gasteiger partial charge in [0.25, 0.3) is 0 Å². The van der Waals surface area contributed by atoms with Gasteiger partial charge in [-0.25, -0.2) is 0 Å². The summed E-state index contributed by atoms with van der Waals surface area (Å²) in [6.45, 7) is 8.33. The van der Waals surface area contributed by atoms with Gasteiger partial charge in [-0.05, 0) is 50.9 Å². The topological polar surface area (TPSA) is 15.3 Å². The number of likely N-dealkylation sites (tertiary alicyclic amines) is 1. The summed E-state index contributed by atoms with van der Waals surface area (Å²) in [5, 5.41) is 3.86. The second kappa shape index (κ2) is 7.66. The average molecular weight is 260 g/mol. The van der Waals surface area contributed by atoms with Crippen LogP contribution in [0.5, 0.6) is 0 Å². The SMILES string of the molecule is CCCN1CCC(NC(CC)c2ccccc2)CC1. The quantitative estimate of drug-likeness (QED) is 0.840. The summed E-state index contributed by atoms with van der Waals surface area (Å²) in [4.78, 5) is 2.60. The smallest absolute Gasteiger partial charge is 0.0320 e. The molecule has 0 radical (unpaired) electrons. The Balaban J connectivity index is 1.84. The van der Waals surface area contributed by atoms with Gasteiger partial charge in [-0.3, -0.25) is 0 Å². The minimum atomic E-state index is 0.518. The van der Waals surface area contributed by atoms with Gasteiger partial charge in [0.2, 0.25) is 0 Å².